The highest BCUT2D eigenvalue weighted by atomic mass is 35.5. The number of ether oxygens (including phenoxy) is 2. The Morgan fingerprint density at radius 2 is 1.88 bits per heavy atom. The molecule has 0 amide bonds. The number of rotatable bonds is 5. The molecule has 2 aromatic rings. The molecule has 0 aromatic heterocycles. The van der Waals surface area contributed by atoms with Gasteiger partial charge in [0.2, 0.25) is 6.79 Å². The maximum Gasteiger partial charge on any atom is 0.231 e. The molecule has 4 nitrogen and oxygen atoms in total. The second kappa shape index (κ2) is 7.01. The lowest BCUT2D eigenvalue weighted by Gasteiger charge is -2.29. The van der Waals surface area contributed by atoms with E-state index >= 15 is 0 Å². The van der Waals surface area contributed by atoms with Crippen molar-refractivity contribution in [2.45, 2.75) is 38.6 Å². The molecule has 1 saturated carbocycles. The van der Waals surface area contributed by atoms with Crippen LogP contribution in [0.1, 0.15) is 53.6 Å². The highest BCUT2D eigenvalue weighted by molar-refractivity contribution is 6.35. The van der Waals surface area contributed by atoms with Crippen LogP contribution in [0.15, 0.2) is 24.3 Å². The Labute approximate surface area is 162 Å². The maximum atomic E-state index is 12.0. The Morgan fingerprint density at radius 1 is 1.15 bits per heavy atom. The predicted molar refractivity (Wildman–Crippen MR) is 103 cm³/mol. The fourth-order valence-corrected chi connectivity index (χ4v) is 4.20. The van der Waals surface area contributed by atoms with Crippen LogP contribution < -0.4 is 14.8 Å². The van der Waals surface area contributed by atoms with Crippen LogP contribution >= 0.6 is 23.2 Å². The quantitative estimate of drug-likeness (QED) is 0.653. The summed E-state index contributed by atoms with van der Waals surface area (Å²) < 4.78 is 10.8. The Hall–Kier alpha value is -1.91. The molecule has 1 fully saturated rings. The lowest BCUT2D eigenvalue weighted by Crippen LogP contribution is -2.14. The lowest BCUT2D eigenvalue weighted by atomic mass is 9.78. The fraction of sp³-hybridized carbons (Fsp3) is 0.350. The third-order valence-electron chi connectivity index (χ3n) is 5.05. The second-order valence-corrected chi connectivity index (χ2v) is 7.59. The minimum Gasteiger partial charge on any atom is -0.454 e. The molecule has 0 bridgehead atoms. The van der Waals surface area contributed by atoms with Crippen LogP contribution in [0.3, 0.4) is 0 Å². The molecule has 1 heterocycles. The number of halogens is 2. The van der Waals surface area contributed by atoms with Crippen LogP contribution in [0.25, 0.3) is 0 Å². The molecular weight excluding hydrogens is 373 g/mol. The average Bonchev–Trinajstić information content (AvgIpc) is 3.00. The molecule has 2 aromatic carbocycles. The number of hydrogen-bond acceptors (Lipinski definition) is 4. The van der Waals surface area contributed by atoms with Crippen molar-refractivity contribution in [1.82, 2.24) is 0 Å². The Bertz CT molecular complexity index is 878. The number of benzene rings is 2. The first-order valence-electron chi connectivity index (χ1n) is 8.69. The van der Waals surface area contributed by atoms with E-state index in [1.165, 1.54) is 12.0 Å². The molecule has 0 atom stereocenters. The van der Waals surface area contributed by atoms with Gasteiger partial charge < -0.3 is 14.8 Å². The molecular formula is C20H19Cl2NO3. The van der Waals surface area contributed by atoms with Crippen LogP contribution in [-0.2, 0) is 6.54 Å². The van der Waals surface area contributed by atoms with Crippen LogP contribution in [0.4, 0.5) is 5.69 Å². The van der Waals surface area contributed by atoms with Crippen molar-refractivity contribution in [3.63, 3.8) is 0 Å². The number of nitrogens with one attached hydrogen (secondary N) is 1. The molecule has 1 aliphatic carbocycles. The lowest BCUT2D eigenvalue weighted by molar-refractivity contribution is 0.101. The molecule has 26 heavy (non-hydrogen) atoms. The van der Waals surface area contributed by atoms with Crippen LogP contribution in [0.5, 0.6) is 11.5 Å². The summed E-state index contributed by atoms with van der Waals surface area (Å²) in [7, 11) is 0. The summed E-state index contributed by atoms with van der Waals surface area (Å²) in [5, 5.41) is 4.70. The minimum atomic E-state index is -0.0332. The predicted octanol–water partition coefficient (Wildman–Crippen LogP) is 5.80. The van der Waals surface area contributed by atoms with E-state index in [1.54, 1.807) is 13.0 Å². The van der Waals surface area contributed by atoms with Gasteiger partial charge in [-0.05, 0) is 55.0 Å². The number of carbonyl (C=O) groups excluding carboxylic acids is 1. The van der Waals surface area contributed by atoms with Gasteiger partial charge in [-0.3, -0.25) is 4.79 Å². The van der Waals surface area contributed by atoms with Gasteiger partial charge in [0, 0.05) is 33.9 Å². The smallest absolute Gasteiger partial charge is 0.231 e. The highest BCUT2D eigenvalue weighted by Crippen LogP contribution is 2.43. The normalized spacial score (nSPS) is 15.7. The van der Waals surface area contributed by atoms with E-state index in [9.17, 15) is 4.79 Å². The Balaban J connectivity index is 1.65. The number of hydrogen-bond donors (Lipinski definition) is 1. The molecule has 4 rings (SSSR count). The summed E-state index contributed by atoms with van der Waals surface area (Å²) in [4.78, 5) is 12.0. The van der Waals surface area contributed by atoms with Crippen molar-refractivity contribution in [1.29, 1.82) is 0 Å². The number of anilines is 1. The number of fused-ring (bicyclic) bond motifs is 1. The first-order valence-corrected chi connectivity index (χ1v) is 9.45. The van der Waals surface area contributed by atoms with E-state index < -0.39 is 0 Å². The van der Waals surface area contributed by atoms with E-state index in [1.807, 2.05) is 18.2 Å². The van der Waals surface area contributed by atoms with Crippen LogP contribution in [0, 0.1) is 0 Å². The zero-order valence-corrected chi connectivity index (χ0v) is 15.9. The van der Waals surface area contributed by atoms with E-state index in [2.05, 4.69) is 5.32 Å². The van der Waals surface area contributed by atoms with Crippen molar-refractivity contribution in [2.24, 2.45) is 0 Å². The number of Topliss-reactive ketones (excluding diaryl/α,β-unsaturated/α-hetero) is 1. The fourth-order valence-electron chi connectivity index (χ4n) is 3.51. The molecule has 0 saturated heterocycles. The van der Waals surface area contributed by atoms with Crippen molar-refractivity contribution < 1.29 is 14.3 Å². The summed E-state index contributed by atoms with van der Waals surface area (Å²) >= 11 is 12.7. The van der Waals surface area contributed by atoms with Crippen LogP contribution in [0.2, 0.25) is 10.0 Å². The Morgan fingerprint density at radius 3 is 2.54 bits per heavy atom. The van der Waals surface area contributed by atoms with Crippen molar-refractivity contribution in [2.75, 3.05) is 12.1 Å². The maximum absolute atomic E-state index is 12.0. The van der Waals surface area contributed by atoms with Gasteiger partial charge in [0.25, 0.3) is 0 Å². The second-order valence-electron chi connectivity index (χ2n) is 6.75. The van der Waals surface area contributed by atoms with Gasteiger partial charge in [0.05, 0.1) is 0 Å². The molecule has 1 aliphatic heterocycles. The monoisotopic (exact) mass is 391 g/mol. The summed E-state index contributed by atoms with van der Waals surface area (Å²) in [6.45, 7) is 2.25. The molecule has 6 heteroatoms. The van der Waals surface area contributed by atoms with E-state index in [0.29, 0.717) is 34.5 Å². The van der Waals surface area contributed by atoms with Crippen molar-refractivity contribution >= 4 is 34.7 Å². The van der Waals surface area contributed by atoms with Gasteiger partial charge in [-0.25, -0.2) is 0 Å². The van der Waals surface area contributed by atoms with Crippen molar-refractivity contribution in [3.05, 3.63) is 51.0 Å². The summed E-state index contributed by atoms with van der Waals surface area (Å²) in [5.41, 5.74) is 3.53. The van der Waals surface area contributed by atoms with Gasteiger partial charge in [0.1, 0.15) is 0 Å². The van der Waals surface area contributed by atoms with E-state index in [0.717, 1.165) is 29.1 Å². The average molecular weight is 392 g/mol. The minimum absolute atomic E-state index is 0.0332. The highest BCUT2D eigenvalue weighted by Gasteiger charge is 2.25. The van der Waals surface area contributed by atoms with Gasteiger partial charge in [0.15, 0.2) is 17.3 Å². The molecule has 0 radical (unpaired) electrons. The van der Waals surface area contributed by atoms with Crippen LogP contribution in [-0.4, -0.2) is 12.6 Å². The van der Waals surface area contributed by atoms with Gasteiger partial charge in [-0.1, -0.05) is 29.6 Å². The SMILES string of the molecule is CC(=O)c1cc2c(cc1NCc1cc(Cl)cc(Cl)c1C1CCC1)OCO2. The molecule has 2 aliphatic rings. The van der Waals surface area contributed by atoms with Gasteiger partial charge in [-0.2, -0.15) is 0 Å². The molecule has 1 N–H and O–H groups in total. The first-order chi connectivity index (χ1) is 12.5. The summed E-state index contributed by atoms with van der Waals surface area (Å²) in [5.74, 6) is 1.69. The zero-order chi connectivity index (χ0) is 18.3. The third-order valence-corrected chi connectivity index (χ3v) is 5.59. The topological polar surface area (TPSA) is 47.6 Å². The first kappa shape index (κ1) is 17.5. The summed E-state index contributed by atoms with van der Waals surface area (Å²) in [6.07, 6.45) is 3.53. The standard InChI is InChI=1S/C20H19Cl2NO3/c1-11(24)15-7-18-19(26-10-25-18)8-17(15)23-9-13-5-14(21)6-16(22)20(13)12-3-2-4-12/h5-8,12,23H,2-4,9-10H2,1H3. The molecule has 0 unspecified atom stereocenters. The third kappa shape index (κ3) is 3.24. The van der Waals surface area contributed by atoms with E-state index in [4.69, 9.17) is 32.7 Å². The van der Waals surface area contributed by atoms with Crippen molar-refractivity contribution in [3.8, 4) is 11.5 Å². The molecule has 136 valence electrons. The number of ketones is 1. The zero-order valence-electron chi connectivity index (χ0n) is 14.4. The van der Waals surface area contributed by atoms with Gasteiger partial charge >= 0.3 is 0 Å². The Kier molecular flexibility index (Phi) is 4.72. The molecule has 0 spiro atoms. The largest absolute Gasteiger partial charge is 0.454 e. The number of carbonyl (C=O) groups is 1. The van der Waals surface area contributed by atoms with E-state index in [-0.39, 0.29) is 12.6 Å². The summed E-state index contributed by atoms with van der Waals surface area (Å²) in [6, 6.07) is 7.30. The van der Waals surface area contributed by atoms with Gasteiger partial charge in [-0.15, -0.1) is 0 Å².